The SMILES string of the molecule is CCC1CCC(n2c(=S)[nH]c3ccc(Cl)cc32)C1C. The van der Waals surface area contributed by atoms with E-state index >= 15 is 0 Å². The van der Waals surface area contributed by atoms with E-state index in [9.17, 15) is 0 Å². The summed E-state index contributed by atoms with van der Waals surface area (Å²) < 4.78 is 3.11. The number of imidazole rings is 1. The summed E-state index contributed by atoms with van der Waals surface area (Å²) in [6, 6.07) is 6.45. The minimum atomic E-state index is 0.504. The van der Waals surface area contributed by atoms with Crippen LogP contribution < -0.4 is 0 Å². The van der Waals surface area contributed by atoms with Crippen molar-refractivity contribution in [1.82, 2.24) is 9.55 Å². The fraction of sp³-hybridized carbons (Fsp3) is 0.533. The van der Waals surface area contributed by atoms with E-state index in [1.807, 2.05) is 18.2 Å². The van der Waals surface area contributed by atoms with Gasteiger partial charge in [0.15, 0.2) is 4.77 Å². The zero-order valence-electron chi connectivity index (χ0n) is 11.3. The van der Waals surface area contributed by atoms with Crippen molar-refractivity contribution in [2.45, 2.75) is 39.2 Å². The second-order valence-electron chi connectivity index (χ2n) is 5.63. The summed E-state index contributed by atoms with van der Waals surface area (Å²) in [6.45, 7) is 4.64. The van der Waals surface area contributed by atoms with Gasteiger partial charge in [-0.25, -0.2) is 0 Å². The van der Waals surface area contributed by atoms with Crippen molar-refractivity contribution in [2.24, 2.45) is 11.8 Å². The van der Waals surface area contributed by atoms with Crippen LogP contribution in [0.5, 0.6) is 0 Å². The zero-order valence-corrected chi connectivity index (χ0v) is 12.9. The number of fused-ring (bicyclic) bond motifs is 1. The molecule has 1 aromatic heterocycles. The largest absolute Gasteiger partial charge is 0.331 e. The third kappa shape index (κ3) is 2.13. The van der Waals surface area contributed by atoms with Gasteiger partial charge in [-0.15, -0.1) is 0 Å². The highest BCUT2D eigenvalue weighted by molar-refractivity contribution is 7.71. The predicted octanol–water partition coefficient (Wildman–Crippen LogP) is 5.35. The Bertz CT molecular complexity index is 658. The molecule has 2 aromatic rings. The Morgan fingerprint density at radius 1 is 1.42 bits per heavy atom. The number of benzene rings is 1. The molecule has 2 nitrogen and oxygen atoms in total. The highest BCUT2D eigenvalue weighted by Gasteiger charge is 2.33. The molecule has 3 atom stereocenters. The second kappa shape index (κ2) is 4.95. The molecule has 0 bridgehead atoms. The maximum absolute atomic E-state index is 6.14. The van der Waals surface area contributed by atoms with E-state index in [4.69, 9.17) is 23.8 Å². The highest BCUT2D eigenvalue weighted by atomic mass is 35.5. The van der Waals surface area contributed by atoms with Crippen molar-refractivity contribution in [2.75, 3.05) is 0 Å². The van der Waals surface area contributed by atoms with Crippen LogP contribution in [0.2, 0.25) is 5.02 Å². The zero-order chi connectivity index (χ0) is 13.6. The monoisotopic (exact) mass is 294 g/mol. The topological polar surface area (TPSA) is 20.7 Å². The molecule has 0 saturated heterocycles. The third-order valence-corrected chi connectivity index (χ3v) is 5.25. The van der Waals surface area contributed by atoms with E-state index in [2.05, 4.69) is 23.4 Å². The van der Waals surface area contributed by atoms with Gasteiger partial charge < -0.3 is 9.55 Å². The average Bonchev–Trinajstić information content (AvgIpc) is 2.89. The molecule has 0 radical (unpaired) electrons. The normalized spacial score (nSPS) is 27.2. The molecule has 1 aliphatic rings. The van der Waals surface area contributed by atoms with Gasteiger partial charge in [0.05, 0.1) is 11.0 Å². The van der Waals surface area contributed by atoms with Crippen molar-refractivity contribution >= 4 is 34.9 Å². The molecule has 1 heterocycles. The Hall–Kier alpha value is -0.800. The number of nitrogens with one attached hydrogen (secondary N) is 1. The van der Waals surface area contributed by atoms with Gasteiger partial charge in [0, 0.05) is 11.1 Å². The van der Waals surface area contributed by atoms with Gasteiger partial charge in [-0.1, -0.05) is 31.9 Å². The van der Waals surface area contributed by atoms with Gasteiger partial charge in [0.25, 0.3) is 0 Å². The summed E-state index contributed by atoms with van der Waals surface area (Å²) in [5.74, 6) is 1.49. The highest BCUT2D eigenvalue weighted by Crippen LogP contribution is 2.43. The fourth-order valence-electron chi connectivity index (χ4n) is 3.59. The Morgan fingerprint density at radius 2 is 2.21 bits per heavy atom. The molecular weight excluding hydrogens is 276 g/mol. The predicted molar refractivity (Wildman–Crippen MR) is 83.3 cm³/mol. The van der Waals surface area contributed by atoms with Gasteiger partial charge in [-0.05, 0) is 55.1 Å². The Morgan fingerprint density at radius 3 is 2.89 bits per heavy atom. The molecule has 0 spiro atoms. The van der Waals surface area contributed by atoms with Crippen LogP contribution in [-0.2, 0) is 0 Å². The molecule has 19 heavy (non-hydrogen) atoms. The maximum Gasteiger partial charge on any atom is 0.178 e. The number of aromatic amines is 1. The molecule has 3 unspecified atom stereocenters. The summed E-state index contributed by atoms with van der Waals surface area (Å²) in [6.07, 6.45) is 3.78. The molecule has 4 heteroatoms. The number of rotatable bonds is 2. The first-order valence-electron chi connectivity index (χ1n) is 7.01. The van der Waals surface area contributed by atoms with Crippen molar-refractivity contribution in [3.8, 4) is 0 Å². The van der Waals surface area contributed by atoms with Gasteiger partial charge >= 0.3 is 0 Å². The van der Waals surface area contributed by atoms with Crippen molar-refractivity contribution in [3.05, 3.63) is 28.0 Å². The first-order chi connectivity index (χ1) is 9.11. The Kier molecular flexibility index (Phi) is 3.44. The summed E-state index contributed by atoms with van der Waals surface area (Å²) >= 11 is 11.7. The summed E-state index contributed by atoms with van der Waals surface area (Å²) in [5, 5.41) is 0.771. The van der Waals surface area contributed by atoms with Crippen LogP contribution in [0.25, 0.3) is 11.0 Å². The van der Waals surface area contributed by atoms with Gasteiger partial charge in [-0.2, -0.15) is 0 Å². The van der Waals surface area contributed by atoms with Gasteiger partial charge in [-0.3, -0.25) is 0 Å². The van der Waals surface area contributed by atoms with E-state index in [1.165, 1.54) is 19.3 Å². The van der Waals surface area contributed by atoms with E-state index in [1.54, 1.807) is 0 Å². The van der Waals surface area contributed by atoms with Crippen LogP contribution in [-0.4, -0.2) is 9.55 Å². The molecule has 0 amide bonds. The van der Waals surface area contributed by atoms with Crippen molar-refractivity contribution in [3.63, 3.8) is 0 Å². The van der Waals surface area contributed by atoms with Crippen LogP contribution in [0.3, 0.4) is 0 Å². The second-order valence-corrected chi connectivity index (χ2v) is 6.46. The lowest BCUT2D eigenvalue weighted by atomic mass is 9.93. The molecule has 3 rings (SSSR count). The van der Waals surface area contributed by atoms with Crippen LogP contribution in [0.1, 0.15) is 39.2 Å². The van der Waals surface area contributed by atoms with Crippen LogP contribution in [0.15, 0.2) is 18.2 Å². The molecule has 1 aliphatic carbocycles. The van der Waals surface area contributed by atoms with Gasteiger partial charge in [0.2, 0.25) is 0 Å². The molecule has 1 fully saturated rings. The molecule has 102 valence electrons. The third-order valence-electron chi connectivity index (χ3n) is 4.72. The lowest BCUT2D eigenvalue weighted by Crippen LogP contribution is -2.15. The summed E-state index contributed by atoms with van der Waals surface area (Å²) in [5.41, 5.74) is 2.23. The van der Waals surface area contributed by atoms with Crippen LogP contribution in [0.4, 0.5) is 0 Å². The van der Waals surface area contributed by atoms with Gasteiger partial charge in [0.1, 0.15) is 0 Å². The number of nitrogens with zero attached hydrogens (tertiary/aromatic N) is 1. The first-order valence-corrected chi connectivity index (χ1v) is 7.80. The average molecular weight is 295 g/mol. The van der Waals surface area contributed by atoms with Crippen LogP contribution in [0, 0.1) is 16.6 Å². The number of aromatic nitrogens is 2. The maximum atomic E-state index is 6.14. The van der Waals surface area contributed by atoms with E-state index in [0.29, 0.717) is 12.0 Å². The summed E-state index contributed by atoms with van der Waals surface area (Å²) in [4.78, 5) is 3.30. The fourth-order valence-corrected chi connectivity index (χ4v) is 4.10. The summed E-state index contributed by atoms with van der Waals surface area (Å²) in [7, 11) is 0. The Balaban J connectivity index is 2.12. The van der Waals surface area contributed by atoms with E-state index < -0.39 is 0 Å². The smallest absolute Gasteiger partial charge is 0.178 e. The lowest BCUT2D eigenvalue weighted by Gasteiger charge is -2.21. The molecule has 0 aliphatic heterocycles. The lowest BCUT2D eigenvalue weighted by molar-refractivity contribution is 0.332. The molecule has 1 N–H and O–H groups in total. The van der Waals surface area contributed by atoms with Crippen molar-refractivity contribution in [1.29, 1.82) is 0 Å². The number of H-pyrrole nitrogens is 1. The van der Waals surface area contributed by atoms with Crippen LogP contribution >= 0.6 is 23.8 Å². The number of hydrogen-bond acceptors (Lipinski definition) is 1. The van der Waals surface area contributed by atoms with E-state index in [0.717, 1.165) is 26.7 Å². The molecule has 1 saturated carbocycles. The quantitative estimate of drug-likeness (QED) is 0.741. The minimum Gasteiger partial charge on any atom is -0.331 e. The van der Waals surface area contributed by atoms with Crippen molar-refractivity contribution < 1.29 is 0 Å². The molecular formula is C15H19ClN2S. The first kappa shape index (κ1) is 13.2. The minimum absolute atomic E-state index is 0.504. The molecule has 1 aromatic carbocycles. The number of hydrogen-bond donors (Lipinski definition) is 1. The number of halogens is 1. The van der Waals surface area contributed by atoms with E-state index in [-0.39, 0.29) is 0 Å². The Labute approximate surface area is 123 Å². The standard InChI is InChI=1S/C15H19ClN2S/c1-3-10-4-7-13(9(10)2)18-14-8-11(16)5-6-12(14)17-15(18)19/h5-6,8-10,13H,3-4,7H2,1-2H3,(H,17,19).